The van der Waals surface area contributed by atoms with Crippen molar-refractivity contribution in [1.82, 2.24) is 14.9 Å². The summed E-state index contributed by atoms with van der Waals surface area (Å²) in [6.45, 7) is 2.36. The monoisotopic (exact) mass is 201 g/mol. The van der Waals surface area contributed by atoms with Gasteiger partial charge in [-0.05, 0) is 17.5 Å². The summed E-state index contributed by atoms with van der Waals surface area (Å²) >= 11 is 1.14. The molecule has 1 atom stereocenters. The summed E-state index contributed by atoms with van der Waals surface area (Å²) in [4.78, 5) is 11.2. The van der Waals surface area contributed by atoms with Crippen LogP contribution in [-0.4, -0.2) is 33.8 Å². The fourth-order valence-corrected chi connectivity index (χ4v) is 1.12. The molecule has 0 aliphatic carbocycles. The van der Waals surface area contributed by atoms with Crippen molar-refractivity contribution in [3.05, 3.63) is 11.1 Å². The highest BCUT2D eigenvalue weighted by Crippen LogP contribution is 1.97. The molecule has 1 aromatic heterocycles. The van der Waals surface area contributed by atoms with Crippen LogP contribution in [0.2, 0.25) is 0 Å². The highest BCUT2D eigenvalue weighted by atomic mass is 32.1. The van der Waals surface area contributed by atoms with Gasteiger partial charge in [0, 0.05) is 18.5 Å². The highest BCUT2D eigenvalue weighted by Gasteiger charge is 2.09. The number of carbonyl (C=O) groups excluding carboxylic acids is 1. The third-order valence-electron chi connectivity index (χ3n) is 1.52. The summed E-state index contributed by atoms with van der Waals surface area (Å²) in [5, 5.41) is 16.5. The van der Waals surface area contributed by atoms with Crippen molar-refractivity contribution < 1.29 is 9.90 Å². The maximum Gasteiger partial charge on any atom is 0.272 e. The number of nitrogens with one attached hydrogen (secondary N) is 1. The van der Waals surface area contributed by atoms with Crippen molar-refractivity contribution in [2.75, 3.05) is 13.2 Å². The Bertz CT molecular complexity index is 263. The van der Waals surface area contributed by atoms with E-state index < -0.39 is 0 Å². The smallest absolute Gasteiger partial charge is 0.272 e. The first kappa shape index (κ1) is 10.1. The lowest BCUT2D eigenvalue weighted by molar-refractivity contribution is 0.0937. The fourth-order valence-electron chi connectivity index (χ4n) is 0.686. The van der Waals surface area contributed by atoms with E-state index in [1.54, 1.807) is 5.38 Å². The van der Waals surface area contributed by atoms with Gasteiger partial charge in [0.05, 0.1) is 0 Å². The van der Waals surface area contributed by atoms with Gasteiger partial charge in [-0.15, -0.1) is 5.10 Å². The van der Waals surface area contributed by atoms with Gasteiger partial charge in [-0.25, -0.2) is 0 Å². The molecule has 0 aliphatic rings. The summed E-state index contributed by atoms with van der Waals surface area (Å²) in [6.07, 6.45) is 0. The van der Waals surface area contributed by atoms with E-state index in [-0.39, 0.29) is 18.4 Å². The average molecular weight is 201 g/mol. The van der Waals surface area contributed by atoms with E-state index in [1.165, 1.54) is 0 Å². The third-order valence-corrected chi connectivity index (χ3v) is 2.02. The van der Waals surface area contributed by atoms with Crippen LogP contribution in [0.5, 0.6) is 0 Å². The first-order chi connectivity index (χ1) is 6.24. The Hall–Kier alpha value is -1.01. The zero-order chi connectivity index (χ0) is 9.68. The predicted molar refractivity (Wildman–Crippen MR) is 48.5 cm³/mol. The Labute approximate surface area is 80.0 Å². The van der Waals surface area contributed by atoms with Gasteiger partial charge in [0.15, 0.2) is 5.69 Å². The molecule has 1 rings (SSSR count). The minimum absolute atomic E-state index is 0.0651. The fraction of sp³-hybridized carbons (Fsp3) is 0.571. The molecule has 0 fully saturated rings. The van der Waals surface area contributed by atoms with Crippen molar-refractivity contribution in [2.24, 2.45) is 5.92 Å². The van der Waals surface area contributed by atoms with E-state index in [0.717, 1.165) is 11.5 Å². The van der Waals surface area contributed by atoms with Gasteiger partial charge in [-0.3, -0.25) is 4.79 Å². The maximum absolute atomic E-state index is 11.2. The topological polar surface area (TPSA) is 75.1 Å². The summed E-state index contributed by atoms with van der Waals surface area (Å²) in [7, 11) is 0. The summed E-state index contributed by atoms with van der Waals surface area (Å²) in [5.74, 6) is -0.176. The number of carbonyl (C=O) groups is 1. The first-order valence-corrected chi connectivity index (χ1v) is 4.73. The number of nitrogens with zero attached hydrogens (tertiary/aromatic N) is 2. The molecular weight excluding hydrogens is 190 g/mol. The van der Waals surface area contributed by atoms with Crippen LogP contribution in [0.1, 0.15) is 17.4 Å². The number of aromatic nitrogens is 2. The molecule has 0 bridgehead atoms. The van der Waals surface area contributed by atoms with Gasteiger partial charge in [0.2, 0.25) is 0 Å². The van der Waals surface area contributed by atoms with Crippen molar-refractivity contribution in [3.8, 4) is 0 Å². The minimum Gasteiger partial charge on any atom is -0.396 e. The second-order valence-corrected chi connectivity index (χ2v) is 3.40. The molecule has 0 aliphatic heterocycles. The Morgan fingerprint density at radius 1 is 1.85 bits per heavy atom. The maximum atomic E-state index is 11.2. The van der Waals surface area contributed by atoms with Crippen LogP contribution in [-0.2, 0) is 0 Å². The average Bonchev–Trinajstić information content (AvgIpc) is 2.66. The van der Waals surface area contributed by atoms with Gasteiger partial charge in [0.25, 0.3) is 5.91 Å². The zero-order valence-electron chi connectivity index (χ0n) is 7.23. The quantitative estimate of drug-likeness (QED) is 0.713. The lowest BCUT2D eigenvalue weighted by atomic mass is 10.2. The van der Waals surface area contributed by atoms with Crippen LogP contribution >= 0.6 is 11.5 Å². The lowest BCUT2D eigenvalue weighted by Crippen LogP contribution is -2.29. The molecule has 2 N–H and O–H groups in total. The van der Waals surface area contributed by atoms with Crippen molar-refractivity contribution in [3.63, 3.8) is 0 Å². The number of hydrogen-bond acceptors (Lipinski definition) is 5. The first-order valence-electron chi connectivity index (χ1n) is 3.90. The predicted octanol–water partition coefficient (Wildman–Crippen LogP) is -0.104. The number of aliphatic hydroxyl groups excluding tert-OH is 1. The van der Waals surface area contributed by atoms with E-state index in [1.807, 2.05) is 6.92 Å². The standard InChI is InChI=1S/C7H11N3O2S/c1-5(3-11)2-8-7(12)6-4-13-10-9-6/h4-5,11H,2-3H2,1H3,(H,8,12). The zero-order valence-corrected chi connectivity index (χ0v) is 8.04. The number of amides is 1. The van der Waals surface area contributed by atoms with Crippen molar-refractivity contribution in [2.45, 2.75) is 6.92 Å². The molecule has 0 saturated heterocycles. The van der Waals surface area contributed by atoms with Gasteiger partial charge in [-0.2, -0.15) is 0 Å². The van der Waals surface area contributed by atoms with E-state index >= 15 is 0 Å². The molecule has 5 nitrogen and oxygen atoms in total. The molecule has 1 amide bonds. The number of hydrogen-bond donors (Lipinski definition) is 2. The summed E-state index contributed by atoms with van der Waals surface area (Å²) in [5.41, 5.74) is 0.329. The Morgan fingerprint density at radius 2 is 2.62 bits per heavy atom. The van der Waals surface area contributed by atoms with Crippen LogP contribution in [0.3, 0.4) is 0 Å². The van der Waals surface area contributed by atoms with Crippen LogP contribution < -0.4 is 5.32 Å². The Balaban J connectivity index is 2.35. The molecule has 0 saturated carbocycles. The highest BCUT2D eigenvalue weighted by molar-refractivity contribution is 7.03. The van der Waals surface area contributed by atoms with Crippen molar-refractivity contribution in [1.29, 1.82) is 0 Å². The molecule has 13 heavy (non-hydrogen) atoms. The third kappa shape index (κ3) is 3.08. The summed E-state index contributed by atoms with van der Waals surface area (Å²) in [6, 6.07) is 0. The van der Waals surface area contributed by atoms with Gasteiger partial charge in [-0.1, -0.05) is 11.4 Å². The minimum atomic E-state index is -0.242. The van der Waals surface area contributed by atoms with Crippen LogP contribution in [0.25, 0.3) is 0 Å². The SMILES string of the molecule is CC(CO)CNC(=O)c1csnn1. The van der Waals surface area contributed by atoms with Crippen LogP contribution in [0.4, 0.5) is 0 Å². The number of rotatable bonds is 4. The molecule has 1 aromatic rings. The van der Waals surface area contributed by atoms with Gasteiger partial charge in [0.1, 0.15) is 0 Å². The molecule has 0 radical (unpaired) electrons. The van der Waals surface area contributed by atoms with E-state index in [2.05, 4.69) is 14.9 Å². The van der Waals surface area contributed by atoms with Gasteiger partial charge < -0.3 is 10.4 Å². The van der Waals surface area contributed by atoms with Crippen LogP contribution in [0.15, 0.2) is 5.38 Å². The van der Waals surface area contributed by atoms with E-state index in [4.69, 9.17) is 5.11 Å². The number of aliphatic hydroxyl groups is 1. The Morgan fingerprint density at radius 3 is 3.15 bits per heavy atom. The normalized spacial score (nSPS) is 12.5. The summed E-state index contributed by atoms with van der Waals surface area (Å²) < 4.78 is 3.57. The molecule has 0 aromatic carbocycles. The second-order valence-electron chi connectivity index (χ2n) is 2.79. The molecular formula is C7H11N3O2S. The lowest BCUT2D eigenvalue weighted by Gasteiger charge is -2.07. The van der Waals surface area contributed by atoms with E-state index in [9.17, 15) is 4.79 Å². The van der Waals surface area contributed by atoms with Crippen molar-refractivity contribution >= 4 is 17.4 Å². The van der Waals surface area contributed by atoms with E-state index in [0.29, 0.717) is 12.2 Å². The Kier molecular flexibility index (Phi) is 3.78. The van der Waals surface area contributed by atoms with Crippen LogP contribution in [0, 0.1) is 5.92 Å². The second kappa shape index (κ2) is 4.88. The van der Waals surface area contributed by atoms with Gasteiger partial charge >= 0.3 is 0 Å². The molecule has 1 heterocycles. The molecule has 0 spiro atoms. The molecule has 6 heteroatoms. The molecule has 72 valence electrons. The largest absolute Gasteiger partial charge is 0.396 e. The molecule has 1 unspecified atom stereocenters.